The summed E-state index contributed by atoms with van der Waals surface area (Å²) in [6.07, 6.45) is 2.34. The smallest absolute Gasteiger partial charge is 0.119 e. The molecule has 0 atom stereocenters. The van der Waals surface area contributed by atoms with Gasteiger partial charge in [0.15, 0.2) is 0 Å². The second-order valence-corrected chi connectivity index (χ2v) is 5.73. The minimum Gasteiger partial charge on any atom is -0.364 e. The van der Waals surface area contributed by atoms with E-state index in [0.29, 0.717) is 6.04 Å². The minimum absolute atomic E-state index is 0.437. The van der Waals surface area contributed by atoms with Crippen molar-refractivity contribution in [3.05, 3.63) is 24.3 Å². The van der Waals surface area contributed by atoms with Crippen molar-refractivity contribution >= 4 is 27.4 Å². The fraction of sp³-hybridized carbons (Fsp3) is 0.462. The minimum atomic E-state index is 0.437. The third-order valence-electron chi connectivity index (χ3n) is 3.52. The number of hydrogen-bond donors (Lipinski definition) is 1. The molecule has 0 spiro atoms. The van der Waals surface area contributed by atoms with E-state index >= 15 is 0 Å². The molecule has 1 aliphatic carbocycles. The quantitative estimate of drug-likeness (QED) is 0.906. The highest BCUT2D eigenvalue weighted by molar-refractivity contribution is 7.11. The molecule has 90 valence electrons. The van der Waals surface area contributed by atoms with Gasteiger partial charge in [0.1, 0.15) is 5.00 Å². The van der Waals surface area contributed by atoms with Crippen LogP contribution in [0.25, 0.3) is 10.9 Å². The Kier molecular flexibility index (Phi) is 2.76. The first-order chi connectivity index (χ1) is 8.24. The van der Waals surface area contributed by atoms with Gasteiger partial charge < -0.3 is 10.6 Å². The second-order valence-electron chi connectivity index (χ2n) is 4.98. The number of benzene rings is 1. The topological polar surface area (TPSA) is 42.1 Å². The summed E-state index contributed by atoms with van der Waals surface area (Å²) in [5.74, 6) is 0.760. The van der Waals surface area contributed by atoms with Crippen molar-refractivity contribution in [3.8, 4) is 0 Å². The largest absolute Gasteiger partial charge is 0.364 e. The molecule has 1 aromatic carbocycles. The number of nitrogens with two attached hydrogens (primary N) is 1. The molecule has 1 heterocycles. The van der Waals surface area contributed by atoms with Crippen LogP contribution < -0.4 is 10.6 Å². The first-order valence-electron chi connectivity index (χ1n) is 6.05. The third-order valence-corrected chi connectivity index (χ3v) is 4.51. The molecule has 3 rings (SSSR count). The molecule has 0 saturated heterocycles. The van der Waals surface area contributed by atoms with Gasteiger partial charge in [0.2, 0.25) is 0 Å². The van der Waals surface area contributed by atoms with Gasteiger partial charge in [-0.05, 0) is 42.4 Å². The van der Waals surface area contributed by atoms with Crippen molar-refractivity contribution in [2.45, 2.75) is 18.9 Å². The van der Waals surface area contributed by atoms with Crippen LogP contribution in [0.4, 0.5) is 5.00 Å². The Bertz CT molecular complexity index is 516. The molecule has 1 aromatic heterocycles. The van der Waals surface area contributed by atoms with Crippen LogP contribution in [-0.4, -0.2) is 24.0 Å². The maximum Gasteiger partial charge on any atom is 0.119 e. The Labute approximate surface area is 105 Å². The van der Waals surface area contributed by atoms with E-state index in [2.05, 4.69) is 34.5 Å². The molecule has 0 bridgehead atoms. The molecule has 17 heavy (non-hydrogen) atoms. The van der Waals surface area contributed by atoms with Gasteiger partial charge in [-0.3, -0.25) is 0 Å². The Morgan fingerprint density at radius 3 is 2.94 bits per heavy atom. The highest BCUT2D eigenvalue weighted by atomic mass is 32.1. The Morgan fingerprint density at radius 2 is 2.18 bits per heavy atom. The lowest BCUT2D eigenvalue weighted by molar-refractivity contribution is 0.271. The second kappa shape index (κ2) is 4.27. The molecule has 0 amide bonds. The number of aromatic nitrogens is 1. The zero-order valence-electron chi connectivity index (χ0n) is 9.97. The summed E-state index contributed by atoms with van der Waals surface area (Å²) in [6, 6.07) is 8.77. The molecular weight excluding hydrogens is 230 g/mol. The van der Waals surface area contributed by atoms with Crippen LogP contribution in [0.3, 0.4) is 0 Å². The van der Waals surface area contributed by atoms with E-state index in [1.54, 1.807) is 11.5 Å². The Morgan fingerprint density at radius 1 is 1.41 bits per heavy atom. The van der Waals surface area contributed by atoms with Gasteiger partial charge >= 0.3 is 0 Å². The molecule has 4 heteroatoms. The lowest BCUT2D eigenvalue weighted by Gasteiger charge is -2.35. The normalized spacial score (nSPS) is 23.6. The van der Waals surface area contributed by atoms with E-state index in [1.165, 1.54) is 23.2 Å². The molecule has 0 unspecified atom stereocenters. The molecule has 1 saturated carbocycles. The average Bonchev–Trinajstić information content (AvgIpc) is 2.70. The first-order valence-corrected chi connectivity index (χ1v) is 6.82. The maximum atomic E-state index is 5.83. The van der Waals surface area contributed by atoms with Crippen molar-refractivity contribution < 1.29 is 0 Å². The van der Waals surface area contributed by atoms with Crippen LogP contribution in [-0.2, 0) is 0 Å². The van der Waals surface area contributed by atoms with Gasteiger partial charge in [0.05, 0.1) is 5.52 Å². The van der Waals surface area contributed by atoms with E-state index in [0.717, 1.165) is 18.0 Å². The summed E-state index contributed by atoms with van der Waals surface area (Å²) in [5.41, 5.74) is 6.93. The molecule has 1 fully saturated rings. The first kappa shape index (κ1) is 11.0. The average molecular weight is 247 g/mol. The zero-order valence-corrected chi connectivity index (χ0v) is 10.8. The van der Waals surface area contributed by atoms with Crippen LogP contribution in [0.2, 0.25) is 0 Å². The van der Waals surface area contributed by atoms with Crippen molar-refractivity contribution in [1.82, 2.24) is 4.37 Å². The lowest BCUT2D eigenvalue weighted by atomic mass is 9.81. The van der Waals surface area contributed by atoms with Crippen LogP contribution in [0, 0.1) is 5.92 Å². The van der Waals surface area contributed by atoms with Crippen molar-refractivity contribution in [2.75, 3.05) is 18.5 Å². The summed E-state index contributed by atoms with van der Waals surface area (Å²) >= 11 is 1.59. The van der Waals surface area contributed by atoms with E-state index < -0.39 is 0 Å². The summed E-state index contributed by atoms with van der Waals surface area (Å²) < 4.78 is 4.48. The van der Waals surface area contributed by atoms with E-state index in [9.17, 15) is 0 Å². The van der Waals surface area contributed by atoms with Crippen LogP contribution in [0.15, 0.2) is 24.3 Å². The van der Waals surface area contributed by atoms with Crippen molar-refractivity contribution in [1.29, 1.82) is 0 Å². The van der Waals surface area contributed by atoms with E-state index in [-0.39, 0.29) is 0 Å². The van der Waals surface area contributed by atoms with Gasteiger partial charge in [-0.25, -0.2) is 0 Å². The molecule has 0 aliphatic heterocycles. The number of anilines is 1. The van der Waals surface area contributed by atoms with E-state index in [4.69, 9.17) is 5.73 Å². The highest BCUT2D eigenvalue weighted by Gasteiger charge is 2.27. The molecule has 0 radical (unpaired) electrons. The number of fused-ring (bicyclic) bond motifs is 1. The molecule has 2 aromatic rings. The van der Waals surface area contributed by atoms with Crippen LogP contribution >= 0.6 is 11.5 Å². The molecular formula is C13H17N3S. The van der Waals surface area contributed by atoms with Gasteiger partial charge in [-0.15, -0.1) is 0 Å². The number of nitrogens with zero attached hydrogens (tertiary/aromatic N) is 2. The number of rotatable bonds is 3. The van der Waals surface area contributed by atoms with Crippen molar-refractivity contribution in [3.63, 3.8) is 0 Å². The van der Waals surface area contributed by atoms with E-state index in [1.807, 2.05) is 6.07 Å². The number of hydrogen-bond acceptors (Lipinski definition) is 4. The monoisotopic (exact) mass is 247 g/mol. The van der Waals surface area contributed by atoms with Gasteiger partial charge in [-0.1, -0.05) is 12.1 Å². The van der Waals surface area contributed by atoms with Gasteiger partial charge in [0.25, 0.3) is 0 Å². The molecule has 1 aliphatic rings. The highest BCUT2D eigenvalue weighted by Crippen LogP contribution is 2.33. The summed E-state index contributed by atoms with van der Waals surface area (Å²) in [5, 5.41) is 2.55. The lowest BCUT2D eigenvalue weighted by Crippen LogP contribution is -2.41. The summed E-state index contributed by atoms with van der Waals surface area (Å²) in [6.45, 7) is 1.10. The van der Waals surface area contributed by atoms with Crippen molar-refractivity contribution in [2.24, 2.45) is 11.7 Å². The predicted octanol–water partition coefficient (Wildman–Crippen LogP) is 2.47. The molecule has 3 nitrogen and oxygen atoms in total. The maximum absolute atomic E-state index is 5.83. The van der Waals surface area contributed by atoms with Gasteiger partial charge in [0, 0.05) is 25.0 Å². The molecule has 2 N–H and O–H groups in total. The summed E-state index contributed by atoms with van der Waals surface area (Å²) in [7, 11) is 2.16. The fourth-order valence-corrected chi connectivity index (χ4v) is 3.39. The van der Waals surface area contributed by atoms with Gasteiger partial charge in [-0.2, -0.15) is 4.37 Å². The standard InChI is InChI=1S/C13H17N3S/c1-16(8-9-6-10(14)7-9)13-11-4-2-3-5-12(11)15-17-13/h2-5,9-10H,6-8,14H2,1H3. The third kappa shape index (κ3) is 2.03. The van der Waals surface area contributed by atoms with Crippen LogP contribution in [0.1, 0.15) is 12.8 Å². The Balaban J connectivity index is 1.78. The summed E-state index contributed by atoms with van der Waals surface area (Å²) in [4.78, 5) is 2.33. The Hall–Kier alpha value is -1.13. The SMILES string of the molecule is CN(CC1CC(N)C1)c1snc2ccccc12. The van der Waals surface area contributed by atoms with Crippen LogP contribution in [0.5, 0.6) is 0 Å². The predicted molar refractivity (Wildman–Crippen MR) is 73.6 cm³/mol. The zero-order chi connectivity index (χ0) is 11.8. The fourth-order valence-electron chi connectivity index (χ4n) is 2.56.